The van der Waals surface area contributed by atoms with Gasteiger partial charge in [-0.05, 0) is 94.7 Å². The number of rotatable bonds is 8. The zero-order valence-corrected chi connectivity index (χ0v) is 24.9. The Hall–Kier alpha value is -2.16. The maximum atomic E-state index is 14.1. The van der Waals surface area contributed by atoms with Crippen LogP contribution in [0.4, 0.5) is 0 Å². The first-order valence-electron chi connectivity index (χ1n) is 13.0. The van der Waals surface area contributed by atoms with E-state index in [-0.39, 0.29) is 6.54 Å². The van der Waals surface area contributed by atoms with Crippen LogP contribution in [0.3, 0.4) is 0 Å². The van der Waals surface area contributed by atoms with E-state index < -0.39 is 28.3 Å². The summed E-state index contributed by atoms with van der Waals surface area (Å²) in [5.74, 6) is 0. The van der Waals surface area contributed by atoms with Crippen molar-refractivity contribution < 1.29 is 17.7 Å². The number of sulfonamides is 1. The highest BCUT2D eigenvalue weighted by Crippen LogP contribution is 2.36. The largest absolute Gasteiger partial charge is 0.494 e. The molecule has 3 aromatic rings. The molecule has 0 radical (unpaired) electrons. The van der Waals surface area contributed by atoms with Gasteiger partial charge in [-0.1, -0.05) is 65.7 Å². The Morgan fingerprint density at radius 2 is 1.42 bits per heavy atom. The van der Waals surface area contributed by atoms with Gasteiger partial charge < -0.3 is 9.31 Å². The zero-order chi connectivity index (χ0) is 27.9. The quantitative estimate of drug-likeness (QED) is 0.321. The molecule has 3 aromatic carbocycles. The highest BCUT2D eigenvalue weighted by atomic mass is 35.5. The second kappa shape index (κ2) is 10.8. The minimum Gasteiger partial charge on any atom is -0.399 e. The monoisotopic (exact) mass is 553 g/mol. The van der Waals surface area contributed by atoms with Crippen molar-refractivity contribution in [1.29, 1.82) is 0 Å². The molecule has 0 N–H and O–H groups in total. The van der Waals surface area contributed by atoms with E-state index in [1.54, 1.807) is 4.31 Å². The van der Waals surface area contributed by atoms with Gasteiger partial charge in [0, 0.05) is 18.1 Å². The molecular weight excluding hydrogens is 517 g/mol. The van der Waals surface area contributed by atoms with Gasteiger partial charge in [0.1, 0.15) is 0 Å². The first-order chi connectivity index (χ1) is 17.7. The molecule has 38 heavy (non-hydrogen) atoms. The highest BCUT2D eigenvalue weighted by Gasteiger charge is 2.51. The lowest BCUT2D eigenvalue weighted by molar-refractivity contribution is 0.00578. The van der Waals surface area contributed by atoms with Crippen molar-refractivity contribution >= 4 is 34.2 Å². The minimum atomic E-state index is -3.76. The molecular formula is C30H37BClNO4S. The van der Waals surface area contributed by atoms with E-state index in [1.807, 2.05) is 109 Å². The molecule has 5 nitrogen and oxygen atoms in total. The van der Waals surface area contributed by atoms with E-state index in [4.69, 9.17) is 20.9 Å². The molecule has 0 amide bonds. The Balaban J connectivity index is 1.62. The van der Waals surface area contributed by atoms with Crippen LogP contribution in [0.1, 0.15) is 55.5 Å². The molecule has 0 aromatic heterocycles. The van der Waals surface area contributed by atoms with Crippen LogP contribution in [-0.4, -0.2) is 37.6 Å². The maximum Gasteiger partial charge on any atom is 0.494 e. The molecule has 0 bridgehead atoms. The van der Waals surface area contributed by atoms with Crippen molar-refractivity contribution in [1.82, 2.24) is 4.31 Å². The Kier molecular flexibility index (Phi) is 8.18. The lowest BCUT2D eigenvalue weighted by Gasteiger charge is -2.32. The summed E-state index contributed by atoms with van der Waals surface area (Å²) < 4.78 is 42.0. The summed E-state index contributed by atoms with van der Waals surface area (Å²) >= 11 is 6.18. The van der Waals surface area contributed by atoms with Crippen molar-refractivity contribution in [3.63, 3.8) is 0 Å². The van der Waals surface area contributed by atoms with E-state index in [0.29, 0.717) is 22.9 Å². The zero-order valence-electron chi connectivity index (χ0n) is 23.3. The molecule has 1 saturated heterocycles. The van der Waals surface area contributed by atoms with Crippen LogP contribution in [0.2, 0.25) is 5.02 Å². The Bertz CT molecular complexity index is 1380. The number of hydrogen-bond acceptors (Lipinski definition) is 4. The number of hydrogen-bond donors (Lipinski definition) is 0. The van der Waals surface area contributed by atoms with Crippen molar-refractivity contribution in [2.75, 3.05) is 6.54 Å². The van der Waals surface area contributed by atoms with Crippen molar-refractivity contribution in [3.8, 4) is 0 Å². The average molecular weight is 554 g/mol. The fraction of sp³-hybridized carbons (Fsp3) is 0.400. The highest BCUT2D eigenvalue weighted by molar-refractivity contribution is 7.89. The molecule has 0 aliphatic carbocycles. The molecule has 8 heteroatoms. The minimum absolute atomic E-state index is 0.249. The predicted octanol–water partition coefficient (Wildman–Crippen LogP) is 6.00. The smallest absolute Gasteiger partial charge is 0.399 e. The van der Waals surface area contributed by atoms with Gasteiger partial charge in [-0.3, -0.25) is 0 Å². The molecule has 4 rings (SSSR count). The lowest BCUT2D eigenvalue weighted by Crippen LogP contribution is -2.41. The van der Waals surface area contributed by atoms with Crippen molar-refractivity contribution in [3.05, 3.63) is 93.5 Å². The second-order valence-corrected chi connectivity index (χ2v) is 13.6. The van der Waals surface area contributed by atoms with E-state index in [9.17, 15) is 8.42 Å². The average Bonchev–Trinajstić information content (AvgIpc) is 3.02. The second-order valence-electron chi connectivity index (χ2n) is 11.3. The van der Waals surface area contributed by atoms with Crippen LogP contribution >= 0.6 is 11.6 Å². The summed E-state index contributed by atoms with van der Waals surface area (Å²) in [7, 11) is -4.23. The topological polar surface area (TPSA) is 55.8 Å². The van der Waals surface area contributed by atoms with Gasteiger partial charge in [0.15, 0.2) is 0 Å². The van der Waals surface area contributed by atoms with Gasteiger partial charge >= 0.3 is 7.12 Å². The van der Waals surface area contributed by atoms with Gasteiger partial charge in [-0.2, -0.15) is 4.31 Å². The van der Waals surface area contributed by atoms with Crippen LogP contribution in [0.15, 0.2) is 65.6 Å². The summed E-state index contributed by atoms with van der Waals surface area (Å²) in [4.78, 5) is 0.378. The Morgan fingerprint density at radius 1 is 0.842 bits per heavy atom. The van der Waals surface area contributed by atoms with E-state index in [0.717, 1.165) is 33.3 Å². The summed E-state index contributed by atoms with van der Waals surface area (Å²) in [5, 5.41) is 0.639. The van der Waals surface area contributed by atoms with Gasteiger partial charge in [0.2, 0.25) is 10.0 Å². The number of halogens is 1. The molecule has 202 valence electrons. The van der Waals surface area contributed by atoms with Crippen molar-refractivity contribution in [2.45, 2.75) is 77.5 Å². The first kappa shape index (κ1) is 28.8. The van der Waals surface area contributed by atoms with Crippen LogP contribution in [0, 0.1) is 20.8 Å². The van der Waals surface area contributed by atoms with E-state index in [2.05, 4.69) is 0 Å². The summed E-state index contributed by atoms with van der Waals surface area (Å²) in [5.41, 5.74) is 4.50. The number of benzene rings is 3. The maximum absolute atomic E-state index is 14.1. The molecule has 1 heterocycles. The van der Waals surface area contributed by atoms with Gasteiger partial charge in [0.25, 0.3) is 0 Å². The van der Waals surface area contributed by atoms with Gasteiger partial charge in [-0.15, -0.1) is 0 Å². The third kappa shape index (κ3) is 6.03. The Morgan fingerprint density at radius 3 is 1.97 bits per heavy atom. The van der Waals surface area contributed by atoms with Crippen molar-refractivity contribution in [2.24, 2.45) is 0 Å². The van der Waals surface area contributed by atoms with Crippen LogP contribution in [0.5, 0.6) is 0 Å². The molecule has 0 unspecified atom stereocenters. The SMILES string of the molecule is Cc1cc(C)c(S(=O)(=O)N(CCc2cccc(Cl)c2)Cc2ccc(B3OC(C)(C)C(C)(C)O3)cc2)c(C)c1. The Labute approximate surface area is 233 Å². The predicted molar refractivity (Wildman–Crippen MR) is 156 cm³/mol. The fourth-order valence-electron chi connectivity index (χ4n) is 4.90. The molecule has 0 spiro atoms. The molecule has 0 atom stereocenters. The standard InChI is InChI=1S/C30H37BClNO4S/c1-21-17-22(2)28(23(3)18-21)38(34,35)33(16-15-24-9-8-10-27(32)19-24)20-25-11-13-26(14-12-25)31-36-29(4,5)30(6,7)37-31/h8-14,17-19H,15-16,20H2,1-7H3. The first-order valence-corrected chi connectivity index (χ1v) is 14.8. The molecule has 0 saturated carbocycles. The summed E-state index contributed by atoms with van der Waals surface area (Å²) in [6.45, 7) is 14.4. The van der Waals surface area contributed by atoms with Crippen LogP contribution in [0.25, 0.3) is 0 Å². The van der Waals surface area contributed by atoms with E-state index in [1.165, 1.54) is 0 Å². The summed E-state index contributed by atoms with van der Waals surface area (Å²) in [6, 6.07) is 19.2. The number of aryl methyl sites for hydroxylation is 3. The molecule has 1 fully saturated rings. The number of nitrogens with zero attached hydrogens (tertiary/aromatic N) is 1. The normalized spacial score (nSPS) is 16.8. The summed E-state index contributed by atoms with van der Waals surface area (Å²) in [6.07, 6.45) is 0.551. The fourth-order valence-corrected chi connectivity index (χ4v) is 6.95. The third-order valence-electron chi connectivity index (χ3n) is 7.61. The van der Waals surface area contributed by atoms with Crippen LogP contribution < -0.4 is 5.46 Å². The lowest BCUT2D eigenvalue weighted by atomic mass is 9.79. The van der Waals surface area contributed by atoms with Gasteiger partial charge in [0.05, 0.1) is 16.1 Å². The van der Waals surface area contributed by atoms with Crippen LogP contribution in [-0.2, 0) is 32.3 Å². The van der Waals surface area contributed by atoms with E-state index >= 15 is 0 Å². The van der Waals surface area contributed by atoms with Gasteiger partial charge in [-0.25, -0.2) is 8.42 Å². The third-order valence-corrected chi connectivity index (χ3v) is 9.99. The molecule has 1 aliphatic rings. The molecule has 1 aliphatic heterocycles.